The largest absolute Gasteiger partial charge is 0.350 e. The molecule has 0 atom stereocenters. The summed E-state index contributed by atoms with van der Waals surface area (Å²) >= 11 is 0. The van der Waals surface area contributed by atoms with Gasteiger partial charge in [-0.25, -0.2) is 10.2 Å². The number of urea groups is 1. The summed E-state index contributed by atoms with van der Waals surface area (Å²) in [6.45, 7) is 0.974. The molecule has 2 amide bonds. The molecule has 1 aromatic carbocycles. The normalized spacial score (nSPS) is 16.5. The summed E-state index contributed by atoms with van der Waals surface area (Å²) in [6.07, 6.45) is 8.33. The minimum atomic E-state index is -0.656. The van der Waals surface area contributed by atoms with Crippen LogP contribution >= 0.6 is 0 Å². The van der Waals surface area contributed by atoms with Gasteiger partial charge in [0.15, 0.2) is 0 Å². The molecule has 1 saturated carbocycles. The smallest absolute Gasteiger partial charge is 0.332 e. The molecule has 0 bridgehead atoms. The summed E-state index contributed by atoms with van der Waals surface area (Å²) in [6, 6.07) is 8.26. The van der Waals surface area contributed by atoms with Crippen LogP contribution in [0, 0.1) is 0 Å². The van der Waals surface area contributed by atoms with Crippen LogP contribution in [0.2, 0.25) is 0 Å². The number of nitrogens with one attached hydrogen (secondary N) is 1. The number of nitrogens with zero attached hydrogens (tertiary/aromatic N) is 2. The van der Waals surface area contributed by atoms with Crippen molar-refractivity contribution in [3.8, 4) is 0 Å². The van der Waals surface area contributed by atoms with Crippen LogP contribution in [0.1, 0.15) is 43.2 Å². The number of hydrazone groups is 1. The number of carbonyl (C=O) groups excluding carboxylic acids is 1. The van der Waals surface area contributed by atoms with E-state index in [-0.39, 0.29) is 0 Å². The van der Waals surface area contributed by atoms with Gasteiger partial charge in [-0.1, -0.05) is 43.5 Å². The molecule has 0 saturated heterocycles. The lowest BCUT2D eigenvalue weighted by atomic mass is 9.94. The fourth-order valence-electron chi connectivity index (χ4n) is 2.82. The standard InChI is InChI=1S/C16H24N4O/c1-20(15-5-3-2-4-6-15)12-14-9-7-13(8-10-14)11-18-19-16(17)21/h7-11,15H,2-6,12H2,1H3,(H3,17,19,21). The van der Waals surface area contributed by atoms with Gasteiger partial charge < -0.3 is 5.73 Å². The monoisotopic (exact) mass is 288 g/mol. The van der Waals surface area contributed by atoms with Crippen molar-refractivity contribution in [2.45, 2.75) is 44.7 Å². The van der Waals surface area contributed by atoms with E-state index >= 15 is 0 Å². The maximum Gasteiger partial charge on any atom is 0.332 e. The molecule has 3 N–H and O–H groups in total. The Labute approximate surface area is 126 Å². The van der Waals surface area contributed by atoms with Crippen molar-refractivity contribution < 1.29 is 4.79 Å². The van der Waals surface area contributed by atoms with Crippen LogP contribution in [0.15, 0.2) is 29.4 Å². The van der Waals surface area contributed by atoms with Gasteiger partial charge in [-0.15, -0.1) is 0 Å². The second-order valence-corrected chi connectivity index (χ2v) is 5.68. The van der Waals surface area contributed by atoms with Crippen LogP contribution in [0.5, 0.6) is 0 Å². The first kappa shape index (κ1) is 15.5. The summed E-state index contributed by atoms with van der Waals surface area (Å²) in [4.78, 5) is 13.0. The number of primary amides is 1. The van der Waals surface area contributed by atoms with Crippen molar-refractivity contribution in [3.05, 3.63) is 35.4 Å². The summed E-state index contributed by atoms with van der Waals surface area (Å²) in [5, 5.41) is 3.75. The zero-order chi connectivity index (χ0) is 15.1. The Bertz CT molecular complexity index is 478. The molecule has 5 heteroatoms. The predicted octanol–water partition coefficient (Wildman–Crippen LogP) is 2.45. The SMILES string of the molecule is CN(Cc1ccc(C=NNC(N)=O)cc1)C1CCCCC1. The van der Waals surface area contributed by atoms with Crippen LogP contribution < -0.4 is 11.2 Å². The highest BCUT2D eigenvalue weighted by Crippen LogP contribution is 2.22. The highest BCUT2D eigenvalue weighted by atomic mass is 16.2. The second kappa shape index (κ2) is 7.78. The van der Waals surface area contributed by atoms with Gasteiger partial charge in [0.25, 0.3) is 0 Å². The van der Waals surface area contributed by atoms with E-state index < -0.39 is 6.03 Å². The van der Waals surface area contributed by atoms with Gasteiger partial charge in [0.2, 0.25) is 0 Å². The number of hydrogen-bond acceptors (Lipinski definition) is 3. The number of nitrogens with two attached hydrogens (primary N) is 1. The molecule has 21 heavy (non-hydrogen) atoms. The van der Waals surface area contributed by atoms with Crippen molar-refractivity contribution in [2.75, 3.05) is 7.05 Å². The Morgan fingerprint density at radius 2 is 2.00 bits per heavy atom. The molecule has 114 valence electrons. The highest BCUT2D eigenvalue weighted by Gasteiger charge is 2.17. The molecule has 0 unspecified atom stereocenters. The average molecular weight is 288 g/mol. The van der Waals surface area contributed by atoms with E-state index in [1.165, 1.54) is 37.7 Å². The van der Waals surface area contributed by atoms with Crippen LogP contribution in [-0.4, -0.2) is 30.2 Å². The Kier molecular flexibility index (Phi) is 5.75. The van der Waals surface area contributed by atoms with Crippen LogP contribution in [0.3, 0.4) is 0 Å². The molecule has 0 heterocycles. The van der Waals surface area contributed by atoms with Gasteiger partial charge in [-0.3, -0.25) is 4.90 Å². The average Bonchev–Trinajstić information content (AvgIpc) is 2.49. The molecule has 1 aliphatic carbocycles. The van der Waals surface area contributed by atoms with Gasteiger partial charge in [-0.2, -0.15) is 5.10 Å². The van der Waals surface area contributed by atoms with E-state index in [0.717, 1.165) is 18.2 Å². The Balaban J connectivity index is 1.86. The second-order valence-electron chi connectivity index (χ2n) is 5.68. The lowest BCUT2D eigenvalue weighted by Gasteiger charge is -2.31. The van der Waals surface area contributed by atoms with E-state index in [1.807, 2.05) is 12.1 Å². The number of amides is 2. The number of hydrogen-bond donors (Lipinski definition) is 2. The van der Waals surface area contributed by atoms with Crippen LogP contribution in [0.4, 0.5) is 4.79 Å². The van der Waals surface area contributed by atoms with Gasteiger partial charge in [0.05, 0.1) is 6.21 Å². The van der Waals surface area contributed by atoms with Crippen molar-refractivity contribution in [1.82, 2.24) is 10.3 Å². The first-order valence-corrected chi connectivity index (χ1v) is 7.53. The summed E-state index contributed by atoms with van der Waals surface area (Å²) in [5.41, 5.74) is 9.35. The first-order valence-electron chi connectivity index (χ1n) is 7.53. The third-order valence-electron chi connectivity index (χ3n) is 4.00. The van der Waals surface area contributed by atoms with Crippen molar-refractivity contribution in [3.63, 3.8) is 0 Å². The van der Waals surface area contributed by atoms with Crippen molar-refractivity contribution in [1.29, 1.82) is 0 Å². The molecule has 0 aliphatic heterocycles. The third-order valence-corrected chi connectivity index (χ3v) is 4.00. The molecular formula is C16H24N4O. The van der Waals surface area contributed by atoms with E-state index in [4.69, 9.17) is 5.73 Å². The predicted molar refractivity (Wildman–Crippen MR) is 85.1 cm³/mol. The zero-order valence-corrected chi connectivity index (χ0v) is 12.6. The fourth-order valence-corrected chi connectivity index (χ4v) is 2.82. The fraction of sp³-hybridized carbons (Fsp3) is 0.500. The molecule has 0 radical (unpaired) electrons. The van der Waals surface area contributed by atoms with Gasteiger partial charge in [-0.05, 0) is 31.0 Å². The van der Waals surface area contributed by atoms with E-state index in [1.54, 1.807) is 6.21 Å². The van der Waals surface area contributed by atoms with Gasteiger partial charge >= 0.3 is 6.03 Å². The summed E-state index contributed by atoms with van der Waals surface area (Å²) < 4.78 is 0. The van der Waals surface area contributed by atoms with E-state index in [9.17, 15) is 4.79 Å². The highest BCUT2D eigenvalue weighted by molar-refractivity contribution is 5.81. The minimum Gasteiger partial charge on any atom is -0.350 e. The maximum atomic E-state index is 10.5. The Morgan fingerprint density at radius 1 is 1.33 bits per heavy atom. The molecule has 1 fully saturated rings. The minimum absolute atomic E-state index is 0.656. The van der Waals surface area contributed by atoms with E-state index in [2.05, 4.69) is 34.6 Å². The topological polar surface area (TPSA) is 70.7 Å². The van der Waals surface area contributed by atoms with Crippen molar-refractivity contribution in [2.24, 2.45) is 10.8 Å². The Morgan fingerprint density at radius 3 is 2.62 bits per heavy atom. The summed E-state index contributed by atoms with van der Waals surface area (Å²) in [5.74, 6) is 0. The molecule has 0 spiro atoms. The molecular weight excluding hydrogens is 264 g/mol. The van der Waals surface area contributed by atoms with Crippen LogP contribution in [0.25, 0.3) is 0 Å². The van der Waals surface area contributed by atoms with Crippen LogP contribution in [-0.2, 0) is 6.54 Å². The Hall–Kier alpha value is -1.88. The molecule has 1 aliphatic rings. The zero-order valence-electron chi connectivity index (χ0n) is 12.6. The quantitative estimate of drug-likeness (QED) is 0.645. The van der Waals surface area contributed by atoms with Gasteiger partial charge in [0.1, 0.15) is 0 Å². The summed E-state index contributed by atoms with van der Waals surface area (Å²) in [7, 11) is 2.21. The molecule has 5 nitrogen and oxygen atoms in total. The molecule has 2 rings (SSSR count). The van der Waals surface area contributed by atoms with Gasteiger partial charge in [0, 0.05) is 12.6 Å². The number of rotatable bonds is 5. The molecule has 0 aromatic heterocycles. The lowest BCUT2D eigenvalue weighted by Crippen LogP contribution is -2.32. The maximum absolute atomic E-state index is 10.5. The third kappa shape index (κ3) is 5.19. The first-order chi connectivity index (χ1) is 10.1. The molecule has 1 aromatic rings. The number of carbonyl (C=O) groups is 1. The van der Waals surface area contributed by atoms with Crippen molar-refractivity contribution >= 4 is 12.2 Å². The number of benzene rings is 1. The lowest BCUT2D eigenvalue weighted by molar-refractivity contribution is 0.184. The van der Waals surface area contributed by atoms with E-state index in [0.29, 0.717) is 0 Å².